The summed E-state index contributed by atoms with van der Waals surface area (Å²) in [5.74, 6) is 0.408. The highest BCUT2D eigenvalue weighted by Crippen LogP contribution is 2.32. The van der Waals surface area contributed by atoms with Gasteiger partial charge in [0.15, 0.2) is 0 Å². The van der Waals surface area contributed by atoms with Crippen molar-refractivity contribution in [2.75, 3.05) is 11.9 Å². The van der Waals surface area contributed by atoms with Crippen LogP contribution < -0.4 is 10.2 Å². The van der Waals surface area contributed by atoms with E-state index < -0.39 is 11.9 Å². The maximum atomic E-state index is 12.7. The number of aromatic nitrogens is 1. The predicted octanol–water partition coefficient (Wildman–Crippen LogP) is 2.82. The molecule has 1 N–H and O–H groups in total. The fourth-order valence-corrected chi connectivity index (χ4v) is 3.31. The van der Waals surface area contributed by atoms with E-state index >= 15 is 0 Å². The summed E-state index contributed by atoms with van der Waals surface area (Å²) >= 11 is 0. The lowest BCUT2D eigenvalue weighted by Gasteiger charge is -2.36. The minimum absolute atomic E-state index is 0.268. The Hall–Kier alpha value is -1.30. The Kier molecular flexibility index (Phi) is 3.36. The number of nitrogens with one attached hydrogen (secondary N) is 1. The van der Waals surface area contributed by atoms with Crippen molar-refractivity contribution in [1.82, 2.24) is 10.3 Å². The summed E-state index contributed by atoms with van der Waals surface area (Å²) in [5.41, 5.74) is -0.821. The van der Waals surface area contributed by atoms with Gasteiger partial charge in [-0.1, -0.05) is 6.07 Å². The number of piperidine rings is 1. The number of hydrogen-bond acceptors (Lipinski definition) is 3. The summed E-state index contributed by atoms with van der Waals surface area (Å²) < 4.78 is 38.1. The van der Waals surface area contributed by atoms with Crippen molar-refractivity contribution < 1.29 is 13.2 Å². The number of hydrogen-bond donors (Lipinski definition) is 1. The number of nitrogens with zero attached hydrogens (tertiary/aromatic N) is 2. The molecule has 2 unspecified atom stereocenters. The maximum Gasteiger partial charge on any atom is 0.433 e. The third-order valence-corrected chi connectivity index (χ3v) is 4.38. The van der Waals surface area contributed by atoms with Crippen LogP contribution in [0.2, 0.25) is 0 Å². The molecule has 0 amide bonds. The molecule has 2 aliphatic rings. The molecule has 2 aliphatic heterocycles. The van der Waals surface area contributed by atoms with Gasteiger partial charge in [0, 0.05) is 25.2 Å². The second-order valence-electron chi connectivity index (χ2n) is 5.75. The van der Waals surface area contributed by atoms with E-state index in [-0.39, 0.29) is 6.04 Å². The Morgan fingerprint density at radius 2 is 1.85 bits per heavy atom. The molecule has 2 fully saturated rings. The van der Waals surface area contributed by atoms with Gasteiger partial charge in [-0.3, -0.25) is 0 Å². The highest BCUT2D eigenvalue weighted by Gasteiger charge is 2.36. The van der Waals surface area contributed by atoms with Gasteiger partial charge in [-0.25, -0.2) is 4.98 Å². The zero-order valence-electron chi connectivity index (χ0n) is 11.3. The fourth-order valence-electron chi connectivity index (χ4n) is 3.31. The molecule has 0 radical (unpaired) electrons. The molecule has 0 aliphatic carbocycles. The van der Waals surface area contributed by atoms with Gasteiger partial charge in [-0.05, 0) is 37.8 Å². The molecule has 0 saturated carbocycles. The summed E-state index contributed by atoms with van der Waals surface area (Å²) in [6.07, 6.45) is -0.0874. The van der Waals surface area contributed by atoms with Crippen LogP contribution in [-0.4, -0.2) is 30.2 Å². The van der Waals surface area contributed by atoms with Gasteiger partial charge in [0.25, 0.3) is 0 Å². The van der Waals surface area contributed by atoms with Crippen molar-refractivity contribution in [1.29, 1.82) is 0 Å². The molecule has 0 aromatic carbocycles. The summed E-state index contributed by atoms with van der Waals surface area (Å²) in [4.78, 5) is 5.67. The first-order chi connectivity index (χ1) is 9.43. The lowest BCUT2D eigenvalue weighted by molar-refractivity contribution is -0.141. The number of anilines is 1. The molecule has 2 saturated heterocycles. The van der Waals surface area contributed by atoms with E-state index in [1.807, 2.05) is 11.9 Å². The minimum Gasteiger partial charge on any atom is -0.357 e. The zero-order chi connectivity index (χ0) is 14.3. The Balaban J connectivity index is 1.78. The van der Waals surface area contributed by atoms with E-state index in [1.165, 1.54) is 18.9 Å². The van der Waals surface area contributed by atoms with Gasteiger partial charge in [-0.2, -0.15) is 13.2 Å². The number of alkyl halides is 3. The molecule has 3 nitrogen and oxygen atoms in total. The van der Waals surface area contributed by atoms with Gasteiger partial charge in [-0.15, -0.1) is 0 Å². The Bertz CT molecular complexity index is 477. The van der Waals surface area contributed by atoms with E-state index in [1.54, 1.807) is 6.07 Å². The standard InChI is InChI=1S/C14H18F3N3/c1-20(11-7-9-5-6-10(8-11)18-9)13-4-2-3-12(19-13)14(15,16)17/h2-4,9-11,18H,5-8H2,1H3. The fraction of sp³-hybridized carbons (Fsp3) is 0.643. The number of halogens is 3. The molecule has 3 heterocycles. The summed E-state index contributed by atoms with van der Waals surface area (Å²) in [6.45, 7) is 0. The number of fused-ring (bicyclic) bond motifs is 2. The van der Waals surface area contributed by atoms with E-state index in [2.05, 4.69) is 10.3 Å². The van der Waals surface area contributed by atoms with Crippen molar-refractivity contribution in [2.24, 2.45) is 0 Å². The maximum absolute atomic E-state index is 12.7. The lowest BCUT2D eigenvalue weighted by Crippen LogP contribution is -2.47. The van der Waals surface area contributed by atoms with Crippen LogP contribution in [0.25, 0.3) is 0 Å². The van der Waals surface area contributed by atoms with Crippen LogP contribution in [0.3, 0.4) is 0 Å². The third-order valence-electron chi connectivity index (χ3n) is 4.38. The van der Waals surface area contributed by atoms with Gasteiger partial charge in [0.05, 0.1) is 0 Å². The highest BCUT2D eigenvalue weighted by molar-refractivity contribution is 5.40. The van der Waals surface area contributed by atoms with Crippen molar-refractivity contribution >= 4 is 5.82 Å². The van der Waals surface area contributed by atoms with Crippen molar-refractivity contribution in [2.45, 2.75) is 50.0 Å². The van der Waals surface area contributed by atoms with E-state index in [9.17, 15) is 13.2 Å². The summed E-state index contributed by atoms with van der Waals surface area (Å²) in [5, 5.41) is 3.54. The third kappa shape index (κ3) is 2.61. The van der Waals surface area contributed by atoms with E-state index in [4.69, 9.17) is 0 Å². The Morgan fingerprint density at radius 1 is 1.20 bits per heavy atom. The first kappa shape index (κ1) is 13.7. The van der Waals surface area contributed by atoms with Crippen LogP contribution in [0.5, 0.6) is 0 Å². The topological polar surface area (TPSA) is 28.2 Å². The van der Waals surface area contributed by atoms with Crippen LogP contribution >= 0.6 is 0 Å². The first-order valence-corrected chi connectivity index (χ1v) is 6.96. The monoisotopic (exact) mass is 285 g/mol. The zero-order valence-corrected chi connectivity index (χ0v) is 11.3. The molecule has 110 valence electrons. The highest BCUT2D eigenvalue weighted by atomic mass is 19.4. The van der Waals surface area contributed by atoms with Gasteiger partial charge in [0.1, 0.15) is 11.5 Å². The average molecular weight is 285 g/mol. The molecule has 2 atom stereocenters. The van der Waals surface area contributed by atoms with Crippen molar-refractivity contribution in [3.63, 3.8) is 0 Å². The van der Waals surface area contributed by atoms with E-state index in [0.29, 0.717) is 17.9 Å². The van der Waals surface area contributed by atoms with Crippen LogP contribution in [0.15, 0.2) is 18.2 Å². The van der Waals surface area contributed by atoms with Crippen LogP contribution in [0, 0.1) is 0 Å². The second-order valence-corrected chi connectivity index (χ2v) is 5.75. The largest absolute Gasteiger partial charge is 0.433 e. The average Bonchev–Trinajstić information content (AvgIpc) is 2.76. The van der Waals surface area contributed by atoms with Gasteiger partial charge in [0.2, 0.25) is 0 Å². The molecule has 6 heteroatoms. The molecule has 1 aromatic rings. The number of pyridine rings is 1. The van der Waals surface area contributed by atoms with Crippen molar-refractivity contribution in [3.8, 4) is 0 Å². The van der Waals surface area contributed by atoms with Crippen LogP contribution in [0.1, 0.15) is 31.4 Å². The first-order valence-electron chi connectivity index (χ1n) is 6.96. The van der Waals surface area contributed by atoms with Crippen LogP contribution in [0.4, 0.5) is 19.0 Å². The number of rotatable bonds is 2. The Labute approximate surface area is 116 Å². The van der Waals surface area contributed by atoms with E-state index in [0.717, 1.165) is 18.9 Å². The van der Waals surface area contributed by atoms with Gasteiger partial charge >= 0.3 is 6.18 Å². The predicted molar refractivity (Wildman–Crippen MR) is 70.6 cm³/mol. The molecule has 20 heavy (non-hydrogen) atoms. The summed E-state index contributed by atoms with van der Waals surface area (Å²) in [6, 6.07) is 5.38. The quantitative estimate of drug-likeness (QED) is 0.905. The second kappa shape index (κ2) is 4.91. The summed E-state index contributed by atoms with van der Waals surface area (Å²) in [7, 11) is 1.85. The SMILES string of the molecule is CN(c1cccc(C(F)(F)F)n1)C1CC2CCC(C1)N2. The lowest BCUT2D eigenvalue weighted by atomic mass is 9.98. The Morgan fingerprint density at radius 3 is 2.45 bits per heavy atom. The molecular weight excluding hydrogens is 267 g/mol. The normalized spacial score (nSPS) is 29.5. The molecule has 3 rings (SSSR count). The van der Waals surface area contributed by atoms with Crippen molar-refractivity contribution in [3.05, 3.63) is 23.9 Å². The minimum atomic E-state index is -4.38. The molecular formula is C14H18F3N3. The van der Waals surface area contributed by atoms with Crippen LogP contribution in [-0.2, 0) is 6.18 Å². The smallest absolute Gasteiger partial charge is 0.357 e. The molecule has 2 bridgehead atoms. The molecule has 1 aromatic heterocycles. The molecule has 0 spiro atoms. The van der Waals surface area contributed by atoms with Gasteiger partial charge < -0.3 is 10.2 Å².